The summed E-state index contributed by atoms with van der Waals surface area (Å²) in [4.78, 5) is 0. The molecule has 88 valence electrons. The number of ether oxygens (including phenoxy) is 1. The third-order valence-electron chi connectivity index (χ3n) is 3.47. The van der Waals surface area contributed by atoms with Gasteiger partial charge in [-0.15, -0.1) is 0 Å². The highest BCUT2D eigenvalue weighted by atomic mass is 79.9. The molecule has 0 radical (unpaired) electrons. The Morgan fingerprint density at radius 2 is 2.31 bits per heavy atom. The lowest BCUT2D eigenvalue weighted by Gasteiger charge is -2.27. The molecule has 0 saturated carbocycles. The summed E-state index contributed by atoms with van der Waals surface area (Å²) in [5.74, 6) is 1.80. The fourth-order valence-electron chi connectivity index (χ4n) is 2.74. The normalized spacial score (nSPS) is 19.2. The van der Waals surface area contributed by atoms with E-state index in [0.29, 0.717) is 5.92 Å². The summed E-state index contributed by atoms with van der Waals surface area (Å²) < 4.78 is 5.51. The number of methoxy groups -OCH3 is 1. The number of aryl methyl sites for hydroxylation is 1. The quantitative estimate of drug-likeness (QED) is 0.749. The molecule has 16 heavy (non-hydrogen) atoms. The molecule has 0 amide bonds. The summed E-state index contributed by atoms with van der Waals surface area (Å²) in [6, 6.07) is 6.48. The Bertz CT molecular complexity index is 334. The molecule has 0 bridgehead atoms. The number of rotatable bonds is 4. The average Bonchev–Trinajstić information content (AvgIpc) is 2.35. The summed E-state index contributed by atoms with van der Waals surface area (Å²) in [7, 11) is 1.78. The van der Waals surface area contributed by atoms with E-state index in [0.717, 1.165) is 11.1 Å². The Hall–Kier alpha value is -0.500. The van der Waals surface area contributed by atoms with Crippen LogP contribution in [-0.4, -0.2) is 12.4 Å². The minimum absolute atomic E-state index is 0.706. The Kier molecular flexibility index (Phi) is 4.28. The monoisotopic (exact) mass is 282 g/mol. The van der Waals surface area contributed by atoms with Crippen molar-refractivity contribution >= 4 is 15.9 Å². The third kappa shape index (κ3) is 2.42. The predicted octanol–water partition coefficient (Wildman–Crippen LogP) is 4.29. The topological polar surface area (TPSA) is 9.23 Å². The van der Waals surface area contributed by atoms with Gasteiger partial charge in [0.25, 0.3) is 0 Å². The van der Waals surface area contributed by atoms with E-state index >= 15 is 0 Å². The van der Waals surface area contributed by atoms with Gasteiger partial charge in [-0.05, 0) is 49.7 Å². The molecular formula is C14H19BrO. The van der Waals surface area contributed by atoms with E-state index in [2.05, 4.69) is 34.1 Å². The maximum atomic E-state index is 5.51. The van der Waals surface area contributed by atoms with Crippen LogP contribution in [0.5, 0.6) is 5.75 Å². The van der Waals surface area contributed by atoms with Gasteiger partial charge in [-0.2, -0.15) is 0 Å². The van der Waals surface area contributed by atoms with E-state index in [4.69, 9.17) is 4.74 Å². The zero-order valence-electron chi connectivity index (χ0n) is 9.84. The Morgan fingerprint density at radius 3 is 3.06 bits per heavy atom. The molecule has 0 unspecified atom stereocenters. The predicted molar refractivity (Wildman–Crippen MR) is 71.7 cm³/mol. The highest BCUT2D eigenvalue weighted by Crippen LogP contribution is 2.40. The van der Waals surface area contributed by atoms with Crippen LogP contribution in [0.1, 0.15) is 42.7 Å². The summed E-state index contributed by atoms with van der Waals surface area (Å²) in [6.07, 6.45) is 6.39. The van der Waals surface area contributed by atoms with E-state index in [-0.39, 0.29) is 0 Å². The van der Waals surface area contributed by atoms with Crippen LogP contribution in [0, 0.1) is 0 Å². The van der Waals surface area contributed by atoms with Gasteiger partial charge in [-0.3, -0.25) is 0 Å². The first-order chi connectivity index (χ1) is 7.86. The molecule has 1 atom stereocenters. The highest BCUT2D eigenvalue weighted by Gasteiger charge is 2.23. The number of fused-ring (bicyclic) bond motifs is 1. The van der Waals surface area contributed by atoms with Crippen LogP contribution >= 0.6 is 15.9 Å². The number of hydrogen-bond acceptors (Lipinski definition) is 1. The van der Waals surface area contributed by atoms with Crippen molar-refractivity contribution in [1.82, 2.24) is 0 Å². The van der Waals surface area contributed by atoms with Gasteiger partial charge in [0.15, 0.2) is 0 Å². The molecule has 0 N–H and O–H groups in total. The number of benzene rings is 1. The lowest BCUT2D eigenvalue weighted by atomic mass is 9.80. The van der Waals surface area contributed by atoms with Crippen molar-refractivity contribution in [2.75, 3.05) is 12.4 Å². The van der Waals surface area contributed by atoms with Crippen molar-refractivity contribution in [1.29, 1.82) is 0 Å². The summed E-state index contributed by atoms with van der Waals surface area (Å²) in [5, 5.41) is 1.11. The molecule has 0 spiro atoms. The molecule has 1 aliphatic rings. The van der Waals surface area contributed by atoms with Gasteiger partial charge in [-0.1, -0.05) is 28.1 Å². The van der Waals surface area contributed by atoms with E-state index in [1.54, 1.807) is 7.11 Å². The van der Waals surface area contributed by atoms with Crippen LogP contribution in [-0.2, 0) is 6.42 Å². The minimum atomic E-state index is 0.706. The molecule has 1 nitrogen and oxygen atoms in total. The van der Waals surface area contributed by atoms with Crippen LogP contribution in [0.2, 0.25) is 0 Å². The number of hydrogen-bond donors (Lipinski definition) is 0. The van der Waals surface area contributed by atoms with Gasteiger partial charge in [-0.25, -0.2) is 0 Å². The molecule has 1 aliphatic carbocycles. The fraction of sp³-hybridized carbons (Fsp3) is 0.571. The zero-order valence-corrected chi connectivity index (χ0v) is 11.4. The average molecular weight is 283 g/mol. The maximum Gasteiger partial charge on any atom is 0.122 e. The largest absolute Gasteiger partial charge is 0.496 e. The molecular weight excluding hydrogens is 264 g/mol. The summed E-state index contributed by atoms with van der Waals surface area (Å²) in [6.45, 7) is 0. The van der Waals surface area contributed by atoms with Crippen LogP contribution in [0.25, 0.3) is 0 Å². The van der Waals surface area contributed by atoms with Gasteiger partial charge in [0.2, 0.25) is 0 Å². The van der Waals surface area contributed by atoms with Gasteiger partial charge >= 0.3 is 0 Å². The highest BCUT2D eigenvalue weighted by molar-refractivity contribution is 9.09. The van der Waals surface area contributed by atoms with Crippen molar-refractivity contribution in [3.63, 3.8) is 0 Å². The third-order valence-corrected chi connectivity index (χ3v) is 4.03. The molecule has 2 heteroatoms. The standard InChI is InChI=1S/C14H19BrO/c1-16-13-9-3-7-11-5-2-6-12(14(11)13)8-4-10-15/h3,7,9,12H,2,4-6,8,10H2,1H3/t12-/m1/s1. The second-order valence-corrected chi connectivity index (χ2v) is 5.25. The van der Waals surface area contributed by atoms with Gasteiger partial charge in [0.1, 0.15) is 5.75 Å². The molecule has 0 aromatic heterocycles. The summed E-state index contributed by atoms with van der Waals surface area (Å²) in [5.41, 5.74) is 2.99. The molecule has 2 rings (SSSR count). The van der Waals surface area contributed by atoms with Gasteiger partial charge in [0.05, 0.1) is 7.11 Å². The number of alkyl halides is 1. The van der Waals surface area contributed by atoms with Crippen LogP contribution < -0.4 is 4.74 Å². The van der Waals surface area contributed by atoms with Crippen molar-refractivity contribution in [2.45, 2.75) is 38.0 Å². The second kappa shape index (κ2) is 5.72. The SMILES string of the molecule is COc1cccc2c1[C@@H](CCCBr)CCC2. The van der Waals surface area contributed by atoms with E-state index in [1.165, 1.54) is 43.2 Å². The van der Waals surface area contributed by atoms with E-state index in [9.17, 15) is 0 Å². The van der Waals surface area contributed by atoms with Gasteiger partial charge in [0, 0.05) is 10.9 Å². The zero-order chi connectivity index (χ0) is 11.4. The minimum Gasteiger partial charge on any atom is -0.496 e. The Labute approximate surface area is 106 Å². The fourth-order valence-corrected chi connectivity index (χ4v) is 3.07. The molecule has 0 fully saturated rings. The molecule has 1 aromatic rings. The first-order valence-corrected chi connectivity index (χ1v) is 7.20. The number of halogens is 1. The van der Waals surface area contributed by atoms with Gasteiger partial charge < -0.3 is 4.74 Å². The van der Waals surface area contributed by atoms with Crippen LogP contribution in [0.4, 0.5) is 0 Å². The molecule has 1 aromatic carbocycles. The van der Waals surface area contributed by atoms with Crippen molar-refractivity contribution in [2.24, 2.45) is 0 Å². The lowest BCUT2D eigenvalue weighted by molar-refractivity contribution is 0.394. The molecule has 0 heterocycles. The second-order valence-electron chi connectivity index (χ2n) is 4.45. The van der Waals surface area contributed by atoms with E-state index < -0.39 is 0 Å². The van der Waals surface area contributed by atoms with Crippen LogP contribution in [0.15, 0.2) is 18.2 Å². The smallest absolute Gasteiger partial charge is 0.122 e. The van der Waals surface area contributed by atoms with Crippen molar-refractivity contribution in [3.05, 3.63) is 29.3 Å². The summed E-state index contributed by atoms with van der Waals surface area (Å²) >= 11 is 3.52. The van der Waals surface area contributed by atoms with Crippen molar-refractivity contribution in [3.8, 4) is 5.75 Å². The first kappa shape index (κ1) is 12.0. The Balaban J connectivity index is 2.27. The maximum absolute atomic E-state index is 5.51. The van der Waals surface area contributed by atoms with Crippen molar-refractivity contribution < 1.29 is 4.74 Å². The molecule has 0 aliphatic heterocycles. The van der Waals surface area contributed by atoms with Crippen LogP contribution in [0.3, 0.4) is 0 Å². The first-order valence-electron chi connectivity index (χ1n) is 6.08. The van der Waals surface area contributed by atoms with E-state index in [1.807, 2.05) is 0 Å². The molecule has 0 saturated heterocycles. The lowest BCUT2D eigenvalue weighted by Crippen LogP contribution is -2.11. The Morgan fingerprint density at radius 1 is 1.44 bits per heavy atom.